The van der Waals surface area contributed by atoms with Crippen LogP contribution in [-0.4, -0.2) is 49.7 Å². The van der Waals surface area contributed by atoms with Gasteiger partial charge in [0.25, 0.3) is 0 Å². The molecule has 0 bridgehead atoms. The van der Waals surface area contributed by atoms with Crippen LogP contribution in [0.5, 0.6) is 0 Å². The molecule has 0 aromatic rings. The molecule has 278 valence electrons. The summed E-state index contributed by atoms with van der Waals surface area (Å²) in [6.07, 6.45) is 22.0. The third kappa shape index (κ3) is 19.7. The minimum atomic E-state index is -0.464. The van der Waals surface area contributed by atoms with Crippen molar-refractivity contribution >= 4 is 12.8 Å². The van der Waals surface area contributed by atoms with Gasteiger partial charge in [-0.25, -0.2) is 4.79 Å². The number of nitrogens with zero attached hydrogens (tertiary/aromatic N) is 2. The number of carbonyl (C=O) groups excluding carboxylic acids is 2. The lowest BCUT2D eigenvalue weighted by Gasteiger charge is -2.35. The predicted molar refractivity (Wildman–Crippen MR) is 201 cm³/mol. The normalized spacial score (nSPS) is 19.9. The molecule has 8 nitrogen and oxygen atoms in total. The molecule has 49 heavy (non-hydrogen) atoms. The third-order valence-electron chi connectivity index (χ3n) is 9.95. The fourth-order valence-corrected chi connectivity index (χ4v) is 6.42. The second-order valence-corrected chi connectivity index (χ2v) is 13.7. The van der Waals surface area contributed by atoms with E-state index in [0.717, 1.165) is 94.7 Å². The molecule has 0 aliphatic heterocycles. The summed E-state index contributed by atoms with van der Waals surface area (Å²) in [5, 5.41) is 35.2. The standard InChI is InChI=1S/C32H50N4O2.C8H18O.CH2O/c1-5-7-14-26(6-2)23-38-32(37)29(22-34)24(3)13-10-11-19-35-30-17-8-9-18-31(30)36-28-16-12-15-27(20-28)25(4)21-33;1-3-5-6-8(4-2)7-9;1-2/h20,26,30-31,35-36H,5-19,23H2,1-4H3;8-9H,3-7H2,1-2H3;1H2/b27-25-,29-24-;;. The maximum absolute atomic E-state index is 12.5. The molecule has 0 aromatic carbocycles. The molecule has 0 spiro atoms. The Kier molecular flexibility index (Phi) is 28.1. The molecule has 0 heterocycles. The fraction of sp³-hybridized carbons (Fsp3) is 0.756. The number of hydrogen-bond acceptors (Lipinski definition) is 8. The molecule has 4 atom stereocenters. The van der Waals surface area contributed by atoms with E-state index in [4.69, 9.17) is 14.6 Å². The van der Waals surface area contributed by atoms with E-state index in [9.17, 15) is 15.3 Å². The minimum absolute atomic E-state index is 0.181. The van der Waals surface area contributed by atoms with Gasteiger partial charge in [-0.05, 0) is 114 Å². The van der Waals surface area contributed by atoms with E-state index in [2.05, 4.69) is 56.5 Å². The van der Waals surface area contributed by atoms with Gasteiger partial charge >= 0.3 is 5.97 Å². The quantitative estimate of drug-likeness (QED) is 0.0501. The molecular formula is C41H70N4O4. The Morgan fingerprint density at radius 2 is 1.55 bits per heavy atom. The predicted octanol–water partition coefficient (Wildman–Crippen LogP) is 9.16. The van der Waals surface area contributed by atoms with Gasteiger partial charge in [0.1, 0.15) is 18.4 Å². The number of unbranched alkanes of at least 4 members (excludes halogenated alkanes) is 3. The molecule has 0 radical (unpaired) electrons. The maximum atomic E-state index is 12.5. The van der Waals surface area contributed by atoms with Crippen molar-refractivity contribution in [1.29, 1.82) is 10.5 Å². The summed E-state index contributed by atoms with van der Waals surface area (Å²) in [6.45, 7) is 16.1. The average molecular weight is 683 g/mol. The Hall–Kier alpha value is -2.94. The lowest BCUT2D eigenvalue weighted by atomic mass is 9.88. The van der Waals surface area contributed by atoms with Crippen LogP contribution in [0.4, 0.5) is 0 Å². The molecule has 2 rings (SSSR count). The third-order valence-corrected chi connectivity index (χ3v) is 9.95. The summed E-state index contributed by atoms with van der Waals surface area (Å²) in [7, 11) is 0. The van der Waals surface area contributed by atoms with Crippen LogP contribution >= 0.6 is 0 Å². The fourth-order valence-electron chi connectivity index (χ4n) is 6.42. The molecule has 2 aliphatic rings. The second kappa shape index (κ2) is 29.9. The van der Waals surface area contributed by atoms with Crippen molar-refractivity contribution in [3.63, 3.8) is 0 Å². The molecule has 4 unspecified atom stereocenters. The Bertz CT molecular complexity index is 1080. The topological polar surface area (TPSA) is 135 Å². The van der Waals surface area contributed by atoms with E-state index in [1.165, 1.54) is 49.8 Å². The van der Waals surface area contributed by atoms with E-state index >= 15 is 0 Å². The van der Waals surface area contributed by atoms with Gasteiger partial charge < -0.3 is 25.3 Å². The molecule has 3 N–H and O–H groups in total. The van der Waals surface area contributed by atoms with E-state index in [0.29, 0.717) is 37.1 Å². The van der Waals surface area contributed by atoms with E-state index in [1.54, 1.807) is 0 Å². The zero-order chi connectivity index (χ0) is 36.9. The Morgan fingerprint density at radius 3 is 2.12 bits per heavy atom. The molecular weight excluding hydrogens is 612 g/mol. The van der Waals surface area contributed by atoms with Crippen LogP contribution in [0.15, 0.2) is 34.1 Å². The van der Waals surface area contributed by atoms with Crippen LogP contribution in [0.25, 0.3) is 0 Å². The van der Waals surface area contributed by atoms with Gasteiger partial charge in [-0.15, -0.1) is 0 Å². The summed E-state index contributed by atoms with van der Waals surface area (Å²) in [4.78, 5) is 20.5. The van der Waals surface area contributed by atoms with Crippen molar-refractivity contribution in [1.82, 2.24) is 10.6 Å². The van der Waals surface area contributed by atoms with E-state index in [-0.39, 0.29) is 5.57 Å². The SMILES string of the molecule is C=O.CCCCC(CC)CO.CCCCC(CC)COC(=O)/C(C#N)=C(/C)CCCCNC1CCCCC1NC1=C/C(=C(/C)C#N)CCC1. The molecule has 1 fully saturated rings. The van der Waals surface area contributed by atoms with Gasteiger partial charge in [-0.1, -0.05) is 79.1 Å². The van der Waals surface area contributed by atoms with Crippen molar-refractivity contribution in [2.24, 2.45) is 11.8 Å². The molecule has 0 amide bonds. The summed E-state index contributed by atoms with van der Waals surface area (Å²) in [5.41, 5.74) is 4.29. The Morgan fingerprint density at radius 1 is 0.918 bits per heavy atom. The number of nitrogens with one attached hydrogen (secondary N) is 2. The second-order valence-electron chi connectivity index (χ2n) is 13.7. The minimum Gasteiger partial charge on any atom is -0.461 e. The van der Waals surface area contributed by atoms with Crippen molar-refractivity contribution < 1.29 is 19.4 Å². The number of carbonyl (C=O) groups is 2. The van der Waals surface area contributed by atoms with Crippen LogP contribution in [0, 0.1) is 34.5 Å². The first-order valence-corrected chi connectivity index (χ1v) is 19.2. The van der Waals surface area contributed by atoms with Gasteiger partial charge in [0.05, 0.1) is 12.7 Å². The summed E-state index contributed by atoms with van der Waals surface area (Å²) in [6, 6.07) is 5.25. The molecule has 1 saturated carbocycles. The van der Waals surface area contributed by atoms with Gasteiger partial charge in [0, 0.05) is 30.0 Å². The van der Waals surface area contributed by atoms with Crippen LogP contribution in [0.2, 0.25) is 0 Å². The Balaban J connectivity index is 0.00000181. The molecule has 2 aliphatic carbocycles. The van der Waals surface area contributed by atoms with Gasteiger partial charge in [0.2, 0.25) is 0 Å². The maximum Gasteiger partial charge on any atom is 0.348 e. The van der Waals surface area contributed by atoms with Crippen molar-refractivity contribution in [3.8, 4) is 12.1 Å². The average Bonchev–Trinajstić information content (AvgIpc) is 3.13. The number of nitriles is 2. The number of hydrogen-bond donors (Lipinski definition) is 3. The first-order valence-electron chi connectivity index (χ1n) is 19.2. The lowest BCUT2D eigenvalue weighted by Crippen LogP contribution is -2.49. The number of ether oxygens (including phenoxy) is 1. The van der Waals surface area contributed by atoms with Crippen LogP contribution in [0.1, 0.15) is 157 Å². The van der Waals surface area contributed by atoms with Crippen molar-refractivity contribution in [2.75, 3.05) is 19.8 Å². The summed E-state index contributed by atoms with van der Waals surface area (Å²) < 4.78 is 5.51. The summed E-state index contributed by atoms with van der Waals surface area (Å²) >= 11 is 0. The van der Waals surface area contributed by atoms with Gasteiger partial charge in [-0.3, -0.25) is 0 Å². The highest BCUT2D eigenvalue weighted by molar-refractivity contribution is 5.93. The van der Waals surface area contributed by atoms with Crippen molar-refractivity contribution in [2.45, 2.75) is 169 Å². The monoisotopic (exact) mass is 683 g/mol. The van der Waals surface area contributed by atoms with E-state index in [1.807, 2.05) is 20.6 Å². The lowest BCUT2D eigenvalue weighted by molar-refractivity contribution is -0.140. The van der Waals surface area contributed by atoms with Crippen LogP contribution < -0.4 is 10.6 Å². The highest BCUT2D eigenvalue weighted by atomic mass is 16.5. The zero-order valence-electron chi connectivity index (χ0n) is 32.0. The van der Waals surface area contributed by atoms with Crippen LogP contribution in [-0.2, 0) is 14.3 Å². The first kappa shape index (κ1) is 46.1. The zero-order valence-corrected chi connectivity index (χ0v) is 32.0. The number of allylic oxidation sites excluding steroid dienone is 5. The number of esters is 1. The molecule has 0 aromatic heterocycles. The van der Waals surface area contributed by atoms with E-state index < -0.39 is 5.97 Å². The highest BCUT2D eigenvalue weighted by Gasteiger charge is 2.25. The molecule has 0 saturated heterocycles. The number of aliphatic hydroxyl groups excluding tert-OH is 1. The van der Waals surface area contributed by atoms with Crippen molar-refractivity contribution in [3.05, 3.63) is 34.1 Å². The molecule has 8 heteroatoms. The first-order chi connectivity index (χ1) is 23.8. The number of rotatable bonds is 20. The van der Waals surface area contributed by atoms with Gasteiger partial charge in [0.15, 0.2) is 0 Å². The van der Waals surface area contributed by atoms with Crippen LogP contribution in [0.3, 0.4) is 0 Å². The van der Waals surface area contributed by atoms with Gasteiger partial charge in [-0.2, -0.15) is 10.5 Å². The number of aliphatic hydroxyl groups is 1. The summed E-state index contributed by atoms with van der Waals surface area (Å²) in [5.74, 6) is 0.469. The Labute approximate surface area is 299 Å². The smallest absolute Gasteiger partial charge is 0.348 e. The largest absolute Gasteiger partial charge is 0.461 e. The highest BCUT2D eigenvalue weighted by Crippen LogP contribution is 2.26.